The van der Waals surface area contributed by atoms with E-state index in [0.717, 1.165) is 18.0 Å². The van der Waals surface area contributed by atoms with Crippen LogP contribution in [0.1, 0.15) is 10.9 Å². The maximum absolute atomic E-state index is 5.37. The highest BCUT2D eigenvalue weighted by Crippen LogP contribution is 2.16. The largest absolute Gasteiger partial charge is 0.497 e. The van der Waals surface area contributed by atoms with Gasteiger partial charge < -0.3 is 20.3 Å². The summed E-state index contributed by atoms with van der Waals surface area (Å²) < 4.78 is 5.14. The third-order valence-electron chi connectivity index (χ3n) is 3.40. The number of hydrogen-bond donors (Lipinski definition) is 3. The third kappa shape index (κ3) is 4.69. The number of benzene rings is 1. The number of nitrogens with one attached hydrogen (secondary N) is 3. The lowest BCUT2D eigenvalue weighted by atomic mass is 10.2. The van der Waals surface area contributed by atoms with Gasteiger partial charge in [0.2, 0.25) is 0 Å². The van der Waals surface area contributed by atoms with Crippen molar-refractivity contribution >= 4 is 34.4 Å². The SMILES string of the molecule is COc1ccc(NC(=S)NC[C@@H](c2cccs2)[NH+](C)C)cc1. The monoisotopic (exact) mass is 336 g/mol. The molecule has 0 aliphatic heterocycles. The van der Waals surface area contributed by atoms with Crippen molar-refractivity contribution in [2.45, 2.75) is 6.04 Å². The summed E-state index contributed by atoms with van der Waals surface area (Å²) in [5.41, 5.74) is 0.947. The van der Waals surface area contributed by atoms with Crippen LogP contribution in [0, 0.1) is 0 Å². The molecule has 0 fully saturated rings. The van der Waals surface area contributed by atoms with E-state index in [1.54, 1.807) is 18.4 Å². The molecule has 1 atom stereocenters. The zero-order valence-electron chi connectivity index (χ0n) is 13.1. The number of quaternary nitrogens is 1. The quantitative estimate of drug-likeness (QED) is 0.705. The Bertz CT molecular complexity index is 582. The second-order valence-corrected chi connectivity index (χ2v) is 6.60. The highest BCUT2D eigenvalue weighted by atomic mass is 32.1. The number of thiophene rings is 1. The van der Waals surface area contributed by atoms with Crippen LogP contribution in [0.3, 0.4) is 0 Å². The fourth-order valence-corrected chi connectivity index (χ4v) is 3.28. The van der Waals surface area contributed by atoms with Crippen LogP contribution in [-0.4, -0.2) is 32.9 Å². The molecule has 22 heavy (non-hydrogen) atoms. The number of anilines is 1. The number of likely N-dealkylation sites (N-methyl/N-ethyl adjacent to an activating group) is 1. The minimum absolute atomic E-state index is 0.385. The Labute approximate surface area is 141 Å². The predicted molar refractivity (Wildman–Crippen MR) is 97.1 cm³/mol. The Kier molecular flexibility index (Phi) is 6.18. The molecule has 4 nitrogen and oxygen atoms in total. The highest BCUT2D eigenvalue weighted by molar-refractivity contribution is 7.80. The molecule has 0 saturated heterocycles. The molecule has 1 heterocycles. The van der Waals surface area contributed by atoms with Gasteiger partial charge in [0.1, 0.15) is 11.8 Å². The fraction of sp³-hybridized carbons (Fsp3) is 0.312. The Morgan fingerprint density at radius 2 is 2.00 bits per heavy atom. The van der Waals surface area contributed by atoms with Crippen LogP contribution < -0.4 is 20.3 Å². The molecular formula is C16H22N3OS2+. The van der Waals surface area contributed by atoms with Gasteiger partial charge in [-0.15, -0.1) is 11.3 Å². The van der Waals surface area contributed by atoms with Gasteiger partial charge in [-0.3, -0.25) is 0 Å². The molecule has 0 radical (unpaired) electrons. The summed E-state index contributed by atoms with van der Waals surface area (Å²) in [5, 5.41) is 9.24. The Morgan fingerprint density at radius 1 is 1.27 bits per heavy atom. The maximum atomic E-state index is 5.37. The predicted octanol–water partition coefficient (Wildman–Crippen LogP) is 1.93. The summed E-state index contributed by atoms with van der Waals surface area (Å²) in [7, 11) is 5.97. The van der Waals surface area contributed by atoms with Crippen molar-refractivity contribution in [1.82, 2.24) is 5.32 Å². The molecular weight excluding hydrogens is 314 g/mol. The third-order valence-corrected chi connectivity index (χ3v) is 4.63. The fourth-order valence-electron chi connectivity index (χ4n) is 2.12. The molecule has 0 unspecified atom stereocenters. The van der Waals surface area contributed by atoms with Crippen LogP contribution in [0.25, 0.3) is 0 Å². The molecule has 0 aliphatic carbocycles. The molecule has 3 N–H and O–H groups in total. The van der Waals surface area contributed by atoms with E-state index in [2.05, 4.69) is 42.2 Å². The van der Waals surface area contributed by atoms with Gasteiger partial charge in [-0.05, 0) is 47.9 Å². The molecule has 0 bridgehead atoms. The molecule has 2 rings (SSSR count). The van der Waals surface area contributed by atoms with E-state index in [4.69, 9.17) is 17.0 Å². The van der Waals surface area contributed by atoms with Crippen molar-refractivity contribution < 1.29 is 9.64 Å². The maximum Gasteiger partial charge on any atom is 0.171 e. The number of rotatable bonds is 6. The zero-order chi connectivity index (χ0) is 15.9. The molecule has 0 amide bonds. The molecule has 118 valence electrons. The van der Waals surface area contributed by atoms with Crippen LogP contribution in [0.4, 0.5) is 5.69 Å². The normalized spacial score (nSPS) is 12.0. The summed E-state index contributed by atoms with van der Waals surface area (Å²) in [6.07, 6.45) is 0. The second kappa shape index (κ2) is 8.12. The van der Waals surface area contributed by atoms with Gasteiger partial charge >= 0.3 is 0 Å². The van der Waals surface area contributed by atoms with Crippen LogP contribution in [0.15, 0.2) is 41.8 Å². The summed E-state index contributed by atoms with van der Waals surface area (Å²) in [5.74, 6) is 0.832. The van der Waals surface area contributed by atoms with Crippen molar-refractivity contribution in [2.24, 2.45) is 0 Å². The van der Waals surface area contributed by atoms with E-state index in [-0.39, 0.29) is 0 Å². The molecule has 1 aromatic heterocycles. The summed E-state index contributed by atoms with van der Waals surface area (Å²) >= 11 is 7.15. The van der Waals surface area contributed by atoms with Crippen LogP contribution in [0.2, 0.25) is 0 Å². The molecule has 0 saturated carbocycles. The average Bonchev–Trinajstić information content (AvgIpc) is 3.02. The number of ether oxygens (including phenoxy) is 1. The van der Waals surface area contributed by atoms with E-state index in [9.17, 15) is 0 Å². The van der Waals surface area contributed by atoms with Crippen LogP contribution >= 0.6 is 23.6 Å². The minimum Gasteiger partial charge on any atom is -0.497 e. The zero-order valence-corrected chi connectivity index (χ0v) is 14.7. The van der Waals surface area contributed by atoms with Crippen molar-refractivity contribution in [2.75, 3.05) is 33.1 Å². The van der Waals surface area contributed by atoms with Gasteiger partial charge in [0.05, 0.1) is 32.6 Å². The number of thiocarbonyl (C=S) groups is 1. The Morgan fingerprint density at radius 3 is 2.55 bits per heavy atom. The molecule has 0 spiro atoms. The Hall–Kier alpha value is -1.63. The van der Waals surface area contributed by atoms with Crippen LogP contribution in [0.5, 0.6) is 5.75 Å². The lowest BCUT2D eigenvalue weighted by Gasteiger charge is -2.21. The van der Waals surface area contributed by atoms with Gasteiger partial charge in [0, 0.05) is 5.69 Å². The van der Waals surface area contributed by atoms with Gasteiger partial charge in [-0.1, -0.05) is 6.07 Å². The topological polar surface area (TPSA) is 37.7 Å². The standard InChI is InChI=1S/C16H21N3OS2/c1-19(2)14(15-5-4-10-22-15)11-17-16(21)18-12-6-8-13(20-3)9-7-12/h4-10,14H,11H2,1-3H3,(H2,17,18,21)/p+1/t14-/m0/s1. The van der Waals surface area contributed by atoms with Gasteiger partial charge in [0.15, 0.2) is 5.11 Å². The van der Waals surface area contributed by atoms with Crippen molar-refractivity contribution in [3.63, 3.8) is 0 Å². The number of hydrogen-bond acceptors (Lipinski definition) is 3. The Balaban J connectivity index is 1.88. The van der Waals surface area contributed by atoms with E-state index in [1.165, 1.54) is 9.78 Å². The average molecular weight is 337 g/mol. The molecule has 2 aromatic rings. The first-order valence-corrected chi connectivity index (χ1v) is 8.41. The summed E-state index contributed by atoms with van der Waals surface area (Å²) in [6.45, 7) is 0.796. The van der Waals surface area contributed by atoms with Gasteiger partial charge in [0.25, 0.3) is 0 Å². The van der Waals surface area contributed by atoms with E-state index < -0.39 is 0 Å². The van der Waals surface area contributed by atoms with Gasteiger partial charge in [-0.2, -0.15) is 0 Å². The molecule has 6 heteroatoms. The van der Waals surface area contributed by atoms with E-state index in [1.807, 2.05) is 24.3 Å². The van der Waals surface area contributed by atoms with Crippen LogP contribution in [-0.2, 0) is 0 Å². The van der Waals surface area contributed by atoms with Gasteiger partial charge in [-0.25, -0.2) is 0 Å². The minimum atomic E-state index is 0.385. The molecule has 0 aliphatic rings. The highest BCUT2D eigenvalue weighted by Gasteiger charge is 2.18. The van der Waals surface area contributed by atoms with Crippen molar-refractivity contribution in [3.05, 3.63) is 46.7 Å². The van der Waals surface area contributed by atoms with E-state index >= 15 is 0 Å². The van der Waals surface area contributed by atoms with Crippen molar-refractivity contribution in [3.8, 4) is 5.75 Å². The smallest absolute Gasteiger partial charge is 0.171 e. The molecule has 1 aromatic carbocycles. The first kappa shape index (κ1) is 16.7. The van der Waals surface area contributed by atoms with E-state index in [0.29, 0.717) is 11.2 Å². The summed E-state index contributed by atoms with van der Waals surface area (Å²) in [4.78, 5) is 2.74. The first-order chi connectivity index (χ1) is 10.6. The number of methoxy groups -OCH3 is 1. The lowest BCUT2D eigenvalue weighted by Crippen LogP contribution is -3.06. The van der Waals surface area contributed by atoms with Crippen molar-refractivity contribution in [1.29, 1.82) is 0 Å². The first-order valence-electron chi connectivity index (χ1n) is 7.12. The summed E-state index contributed by atoms with van der Waals surface area (Å²) in [6, 6.07) is 12.3. The lowest BCUT2D eigenvalue weighted by molar-refractivity contribution is -0.890. The second-order valence-electron chi connectivity index (χ2n) is 5.21.